The molecule has 1 saturated heterocycles. The Hall–Kier alpha value is -2.57. The van der Waals surface area contributed by atoms with Crippen molar-refractivity contribution in [2.75, 3.05) is 35.2 Å². The molecule has 0 bridgehead atoms. The zero-order valence-corrected chi connectivity index (χ0v) is 21.8. The number of likely N-dealkylation sites (N-methyl/N-ethyl adjacent to an activating group) is 1. The van der Waals surface area contributed by atoms with E-state index in [4.69, 9.17) is 11.6 Å². The van der Waals surface area contributed by atoms with E-state index < -0.39 is 17.3 Å². The Morgan fingerprint density at radius 2 is 2.00 bits per heavy atom. The molecule has 0 spiro atoms. The summed E-state index contributed by atoms with van der Waals surface area (Å²) in [6.07, 6.45) is 1.04. The van der Waals surface area contributed by atoms with Crippen molar-refractivity contribution in [3.05, 3.63) is 47.6 Å². The van der Waals surface area contributed by atoms with Crippen molar-refractivity contribution >= 4 is 72.6 Å². The van der Waals surface area contributed by atoms with Crippen LogP contribution in [0, 0.1) is 0 Å². The van der Waals surface area contributed by atoms with Gasteiger partial charge in [-0.3, -0.25) is 23.0 Å². The summed E-state index contributed by atoms with van der Waals surface area (Å²) in [4.78, 5) is 34.0. The molecule has 9 nitrogen and oxygen atoms in total. The molecule has 1 aliphatic rings. The van der Waals surface area contributed by atoms with Gasteiger partial charge in [0.25, 0.3) is 5.91 Å². The van der Waals surface area contributed by atoms with Crippen LogP contribution in [0.4, 0.5) is 16.4 Å². The lowest BCUT2D eigenvalue weighted by Crippen LogP contribution is -2.53. The third-order valence-corrected chi connectivity index (χ3v) is 8.15. The topological polar surface area (TPSA) is 109 Å². The molecule has 1 aliphatic heterocycles. The van der Waals surface area contributed by atoms with E-state index in [9.17, 15) is 18.4 Å². The van der Waals surface area contributed by atoms with E-state index in [0.717, 1.165) is 9.69 Å². The highest BCUT2D eigenvalue weighted by atomic mass is 35.5. The predicted octanol–water partition coefficient (Wildman–Crippen LogP) is 3.63. The molecule has 0 aliphatic carbocycles. The molecule has 3 aromatic rings. The van der Waals surface area contributed by atoms with Crippen molar-refractivity contribution in [2.24, 2.45) is 0 Å². The molecule has 2 amide bonds. The first-order valence-electron chi connectivity index (χ1n) is 11.0. The number of hydrogen-bond donors (Lipinski definition) is 1. The molecule has 3 heterocycles. The van der Waals surface area contributed by atoms with Crippen LogP contribution in [-0.4, -0.2) is 63.2 Å². The van der Waals surface area contributed by atoms with Crippen LogP contribution in [0.2, 0.25) is 5.15 Å². The van der Waals surface area contributed by atoms with E-state index in [2.05, 4.69) is 10.3 Å². The Balaban J connectivity index is 1.55. The molecule has 2 aromatic heterocycles. The SMILES string of the molecule is CC(C(=O)Nc1ccc(N2CCCC(N(c3cc4ccc(Cl)nc4s3)S(=O)[O-])C2=O)cc1)N(C)C. The number of halogens is 1. The first-order chi connectivity index (χ1) is 16.7. The summed E-state index contributed by atoms with van der Waals surface area (Å²) >= 11 is 4.49. The van der Waals surface area contributed by atoms with Crippen molar-refractivity contribution < 1.29 is 18.4 Å². The van der Waals surface area contributed by atoms with E-state index in [1.165, 1.54) is 11.3 Å². The highest BCUT2D eigenvalue weighted by Gasteiger charge is 2.36. The van der Waals surface area contributed by atoms with Crippen LogP contribution in [0.1, 0.15) is 19.8 Å². The summed E-state index contributed by atoms with van der Waals surface area (Å²) in [6, 6.07) is 10.9. The van der Waals surface area contributed by atoms with Crippen LogP contribution in [0.25, 0.3) is 10.2 Å². The van der Waals surface area contributed by atoms with E-state index in [-0.39, 0.29) is 17.9 Å². The van der Waals surface area contributed by atoms with Crippen LogP contribution < -0.4 is 14.5 Å². The summed E-state index contributed by atoms with van der Waals surface area (Å²) in [6.45, 7) is 2.28. The second kappa shape index (κ2) is 10.6. The van der Waals surface area contributed by atoms with E-state index in [1.807, 2.05) is 25.9 Å². The number of thiophene rings is 1. The van der Waals surface area contributed by atoms with Crippen molar-refractivity contribution in [2.45, 2.75) is 31.8 Å². The zero-order chi connectivity index (χ0) is 25.3. The number of rotatable bonds is 7. The monoisotopic (exact) mass is 534 g/mol. The minimum Gasteiger partial charge on any atom is -0.755 e. The van der Waals surface area contributed by atoms with Gasteiger partial charge in [0, 0.05) is 34.6 Å². The van der Waals surface area contributed by atoms with Gasteiger partial charge in [0.05, 0.1) is 6.04 Å². The van der Waals surface area contributed by atoms with Gasteiger partial charge < -0.3 is 14.8 Å². The molecule has 0 radical (unpaired) electrons. The fourth-order valence-corrected chi connectivity index (χ4v) is 5.94. The number of nitrogens with zero attached hydrogens (tertiary/aromatic N) is 4. The summed E-state index contributed by atoms with van der Waals surface area (Å²) < 4.78 is 25.6. The van der Waals surface area contributed by atoms with Crippen molar-refractivity contribution in [1.82, 2.24) is 9.88 Å². The van der Waals surface area contributed by atoms with Crippen molar-refractivity contribution in [3.8, 4) is 0 Å². The maximum atomic E-state index is 13.4. The molecular formula is C23H25ClN5O4S2-. The molecule has 1 fully saturated rings. The Labute approximate surface area is 215 Å². The van der Waals surface area contributed by atoms with E-state index in [0.29, 0.717) is 45.7 Å². The normalized spacial score (nSPS) is 18.1. The maximum Gasteiger partial charge on any atom is 0.250 e. The number of carbonyl (C=O) groups is 2. The minimum absolute atomic E-state index is 0.135. The number of aromatic nitrogens is 1. The minimum atomic E-state index is -2.66. The van der Waals surface area contributed by atoms with E-state index >= 15 is 0 Å². The van der Waals surface area contributed by atoms with Gasteiger partial charge in [-0.25, -0.2) is 4.98 Å². The first-order valence-corrected chi connectivity index (χ1v) is 13.2. The highest BCUT2D eigenvalue weighted by molar-refractivity contribution is 7.81. The second-order valence-corrected chi connectivity index (χ2v) is 10.7. The van der Waals surface area contributed by atoms with Gasteiger partial charge in [-0.05, 0) is 76.3 Å². The van der Waals surface area contributed by atoms with Crippen LogP contribution in [0.5, 0.6) is 0 Å². The summed E-state index contributed by atoms with van der Waals surface area (Å²) in [5.74, 6) is -0.438. The molecular weight excluding hydrogens is 510 g/mol. The summed E-state index contributed by atoms with van der Waals surface area (Å²) in [5, 5.41) is 4.34. The lowest BCUT2D eigenvalue weighted by atomic mass is 10.0. The quantitative estimate of drug-likeness (QED) is 0.366. The molecule has 3 atom stereocenters. The van der Waals surface area contributed by atoms with Crippen LogP contribution >= 0.6 is 22.9 Å². The Morgan fingerprint density at radius 1 is 1.29 bits per heavy atom. The number of hydrogen-bond acceptors (Lipinski definition) is 7. The molecule has 1 aromatic carbocycles. The number of nitrogens with one attached hydrogen (secondary N) is 1. The fourth-order valence-electron chi connectivity index (χ4n) is 3.86. The van der Waals surface area contributed by atoms with Crippen molar-refractivity contribution in [3.63, 3.8) is 0 Å². The standard InChI is InChI=1S/C23H26ClN5O4S2/c1-14(27(2)3)21(30)25-16-7-9-17(10-8-16)28-12-4-5-18(23(28)31)29(35(32)33)20-13-15-6-11-19(24)26-22(15)34-20/h6-11,13-14,18H,4-5,12H2,1-3H3,(H,25,30)(H,32,33)/p-1. The third kappa shape index (κ3) is 5.49. The van der Waals surface area contributed by atoms with Gasteiger partial charge >= 0.3 is 0 Å². The molecule has 35 heavy (non-hydrogen) atoms. The average molecular weight is 535 g/mol. The van der Waals surface area contributed by atoms with Gasteiger partial charge in [-0.2, -0.15) is 0 Å². The summed E-state index contributed by atoms with van der Waals surface area (Å²) in [5.41, 5.74) is 1.26. The zero-order valence-electron chi connectivity index (χ0n) is 19.4. The van der Waals surface area contributed by atoms with Crippen LogP contribution in [0.3, 0.4) is 0 Å². The average Bonchev–Trinajstić information content (AvgIpc) is 3.22. The Morgan fingerprint density at radius 3 is 2.66 bits per heavy atom. The smallest absolute Gasteiger partial charge is 0.250 e. The molecule has 1 N–H and O–H groups in total. The lowest BCUT2D eigenvalue weighted by Gasteiger charge is -2.39. The number of anilines is 3. The number of pyridine rings is 1. The van der Waals surface area contributed by atoms with E-state index in [1.54, 1.807) is 47.4 Å². The molecule has 186 valence electrons. The maximum absolute atomic E-state index is 13.4. The van der Waals surface area contributed by atoms with Crippen molar-refractivity contribution in [1.29, 1.82) is 0 Å². The molecule has 4 rings (SSSR count). The number of benzene rings is 1. The molecule has 0 saturated carbocycles. The van der Waals surface area contributed by atoms with Gasteiger partial charge in [-0.15, -0.1) is 0 Å². The number of fused-ring (bicyclic) bond motifs is 1. The third-order valence-electron chi connectivity index (χ3n) is 6.01. The van der Waals surface area contributed by atoms with Crippen LogP contribution in [0.15, 0.2) is 42.5 Å². The number of carbonyl (C=O) groups excluding carboxylic acids is 2. The Bertz CT molecular complexity index is 1270. The predicted molar refractivity (Wildman–Crippen MR) is 140 cm³/mol. The van der Waals surface area contributed by atoms with Gasteiger partial charge in [-0.1, -0.05) is 22.9 Å². The number of piperidine rings is 1. The fraction of sp³-hybridized carbons (Fsp3) is 0.348. The van der Waals surface area contributed by atoms with Gasteiger partial charge in [0.2, 0.25) is 5.91 Å². The van der Waals surface area contributed by atoms with Gasteiger partial charge in [0.1, 0.15) is 21.0 Å². The Kier molecular flexibility index (Phi) is 7.72. The molecule has 3 unspecified atom stereocenters. The lowest BCUT2D eigenvalue weighted by molar-refractivity contribution is -0.121. The number of amides is 2. The largest absolute Gasteiger partial charge is 0.755 e. The van der Waals surface area contributed by atoms with Crippen LogP contribution in [-0.2, 0) is 20.9 Å². The second-order valence-electron chi connectivity index (χ2n) is 8.48. The highest BCUT2D eigenvalue weighted by Crippen LogP contribution is 2.36. The van der Waals surface area contributed by atoms with Gasteiger partial charge in [0.15, 0.2) is 0 Å². The summed E-state index contributed by atoms with van der Waals surface area (Å²) in [7, 11) is 3.66. The molecule has 12 heteroatoms. The first kappa shape index (κ1) is 25.5.